The number of aromatic nitrogens is 4. The zero-order valence-corrected chi connectivity index (χ0v) is 14.5. The minimum Gasteiger partial charge on any atom is -0.325 e. The molecule has 0 unspecified atom stereocenters. The first-order valence-corrected chi connectivity index (χ1v) is 8.92. The third-order valence-electron chi connectivity index (χ3n) is 4.11. The fourth-order valence-corrected chi connectivity index (χ4v) is 3.65. The normalized spacial score (nSPS) is 15.9. The van der Waals surface area contributed by atoms with Crippen molar-refractivity contribution < 1.29 is 9.72 Å². The molecule has 2 aromatic rings. The van der Waals surface area contributed by atoms with Gasteiger partial charge in [-0.3, -0.25) is 14.9 Å². The van der Waals surface area contributed by atoms with Crippen LogP contribution in [0.1, 0.15) is 38.6 Å². The van der Waals surface area contributed by atoms with E-state index in [2.05, 4.69) is 20.8 Å². The standard InChI is InChI=1S/C15H18N6O3S/c1-10(14(22)16-11-5-4-8-13(9-11)21(23)24)25-15-17-18-19-20(15)12-6-2-3-7-12/h4-5,8-10,12H,2-3,6-7H2,1H3,(H,16,22)/t10-/m0/s1. The molecule has 1 aliphatic rings. The van der Waals surface area contributed by atoms with Crippen molar-refractivity contribution in [2.75, 3.05) is 5.32 Å². The number of hydrogen-bond acceptors (Lipinski definition) is 7. The number of carbonyl (C=O) groups excluding carboxylic acids is 1. The Morgan fingerprint density at radius 2 is 2.20 bits per heavy atom. The summed E-state index contributed by atoms with van der Waals surface area (Å²) >= 11 is 1.28. The third kappa shape index (κ3) is 4.13. The fourth-order valence-electron chi connectivity index (χ4n) is 2.79. The Morgan fingerprint density at radius 1 is 1.44 bits per heavy atom. The predicted octanol–water partition coefficient (Wildman–Crippen LogP) is 2.82. The first-order chi connectivity index (χ1) is 12.0. The van der Waals surface area contributed by atoms with Crippen molar-refractivity contribution in [2.45, 2.75) is 49.1 Å². The molecule has 0 bridgehead atoms. The molecule has 0 aliphatic heterocycles. The average molecular weight is 362 g/mol. The van der Waals surface area contributed by atoms with Crippen LogP contribution in [0, 0.1) is 10.1 Å². The van der Waals surface area contributed by atoms with E-state index < -0.39 is 10.2 Å². The van der Waals surface area contributed by atoms with Crippen molar-refractivity contribution in [1.82, 2.24) is 20.2 Å². The maximum Gasteiger partial charge on any atom is 0.271 e. The molecule has 0 saturated heterocycles. The van der Waals surface area contributed by atoms with Gasteiger partial charge in [0.25, 0.3) is 5.69 Å². The molecule has 1 atom stereocenters. The van der Waals surface area contributed by atoms with E-state index in [9.17, 15) is 14.9 Å². The predicted molar refractivity (Wildman–Crippen MR) is 92.4 cm³/mol. The summed E-state index contributed by atoms with van der Waals surface area (Å²) in [6.45, 7) is 1.75. The number of nitrogens with zero attached hydrogens (tertiary/aromatic N) is 5. The van der Waals surface area contributed by atoms with Gasteiger partial charge in [0.05, 0.1) is 16.2 Å². The molecular weight excluding hydrogens is 344 g/mol. The number of nitrogens with one attached hydrogen (secondary N) is 1. The van der Waals surface area contributed by atoms with Crippen molar-refractivity contribution in [3.05, 3.63) is 34.4 Å². The highest BCUT2D eigenvalue weighted by Gasteiger charge is 2.24. The maximum atomic E-state index is 12.4. The van der Waals surface area contributed by atoms with Gasteiger partial charge < -0.3 is 5.32 Å². The lowest BCUT2D eigenvalue weighted by molar-refractivity contribution is -0.384. The van der Waals surface area contributed by atoms with Crippen LogP contribution in [0.15, 0.2) is 29.4 Å². The molecule has 1 amide bonds. The van der Waals surface area contributed by atoms with E-state index in [1.165, 1.54) is 30.0 Å². The highest BCUT2D eigenvalue weighted by molar-refractivity contribution is 8.00. The molecule has 1 aliphatic carbocycles. The van der Waals surface area contributed by atoms with Crippen molar-refractivity contribution in [3.8, 4) is 0 Å². The van der Waals surface area contributed by atoms with Gasteiger partial charge in [-0.1, -0.05) is 30.7 Å². The van der Waals surface area contributed by atoms with Gasteiger partial charge in [0, 0.05) is 17.8 Å². The largest absolute Gasteiger partial charge is 0.325 e. The number of amides is 1. The Hall–Kier alpha value is -2.49. The summed E-state index contributed by atoms with van der Waals surface area (Å²) in [6, 6.07) is 6.16. The van der Waals surface area contributed by atoms with Crippen molar-refractivity contribution >= 4 is 29.0 Å². The molecule has 1 aromatic heterocycles. The number of carbonyl (C=O) groups is 1. The molecule has 132 valence electrons. The molecule has 25 heavy (non-hydrogen) atoms. The molecule has 0 radical (unpaired) electrons. The number of nitro groups is 1. The molecule has 3 rings (SSSR count). The molecular formula is C15H18N6O3S. The van der Waals surface area contributed by atoms with Gasteiger partial charge in [0.2, 0.25) is 11.1 Å². The second-order valence-corrected chi connectivity index (χ2v) is 7.21. The second-order valence-electron chi connectivity index (χ2n) is 5.90. The Morgan fingerprint density at radius 3 is 2.92 bits per heavy atom. The Bertz CT molecular complexity index is 774. The summed E-state index contributed by atoms with van der Waals surface area (Å²) in [5.41, 5.74) is 0.324. The molecule has 9 nitrogen and oxygen atoms in total. The summed E-state index contributed by atoms with van der Waals surface area (Å²) in [5, 5.41) is 25.5. The van der Waals surface area contributed by atoms with Crippen LogP contribution in [0.2, 0.25) is 0 Å². The molecule has 1 N–H and O–H groups in total. The van der Waals surface area contributed by atoms with Crippen LogP contribution in [-0.2, 0) is 4.79 Å². The smallest absolute Gasteiger partial charge is 0.271 e. The van der Waals surface area contributed by atoms with E-state index in [1.54, 1.807) is 17.7 Å². The number of thioether (sulfide) groups is 1. The van der Waals surface area contributed by atoms with Gasteiger partial charge in [-0.05, 0) is 36.3 Å². The van der Waals surface area contributed by atoms with Gasteiger partial charge in [0.1, 0.15) is 0 Å². The van der Waals surface area contributed by atoms with Gasteiger partial charge in [0.15, 0.2) is 0 Å². The maximum absolute atomic E-state index is 12.4. The molecule has 1 aromatic carbocycles. The summed E-state index contributed by atoms with van der Waals surface area (Å²) in [4.78, 5) is 22.7. The number of hydrogen-bond donors (Lipinski definition) is 1. The molecule has 1 heterocycles. The van der Waals surface area contributed by atoms with Crippen LogP contribution in [0.25, 0.3) is 0 Å². The number of anilines is 1. The van der Waals surface area contributed by atoms with E-state index in [1.807, 2.05) is 0 Å². The monoisotopic (exact) mass is 362 g/mol. The second kappa shape index (κ2) is 7.60. The van der Waals surface area contributed by atoms with E-state index in [0.29, 0.717) is 16.9 Å². The van der Waals surface area contributed by atoms with Crippen LogP contribution < -0.4 is 5.32 Å². The van der Waals surface area contributed by atoms with E-state index >= 15 is 0 Å². The lowest BCUT2D eigenvalue weighted by Gasteiger charge is -2.14. The number of benzene rings is 1. The molecule has 1 saturated carbocycles. The Balaban J connectivity index is 1.64. The van der Waals surface area contributed by atoms with Crippen molar-refractivity contribution in [2.24, 2.45) is 0 Å². The van der Waals surface area contributed by atoms with Crippen molar-refractivity contribution in [3.63, 3.8) is 0 Å². The Kier molecular flexibility index (Phi) is 5.27. The molecule has 10 heteroatoms. The van der Waals surface area contributed by atoms with Crippen molar-refractivity contribution in [1.29, 1.82) is 0 Å². The van der Waals surface area contributed by atoms with Crippen LogP contribution in [0.3, 0.4) is 0 Å². The summed E-state index contributed by atoms with van der Waals surface area (Å²) < 4.78 is 1.80. The third-order valence-corrected chi connectivity index (χ3v) is 5.16. The highest BCUT2D eigenvalue weighted by Crippen LogP contribution is 2.32. The lowest BCUT2D eigenvalue weighted by atomic mass is 10.2. The van der Waals surface area contributed by atoms with Gasteiger partial charge in [-0.2, -0.15) is 0 Å². The number of nitro benzene ring substituents is 1. The SMILES string of the molecule is C[C@H](Sc1nnnn1C1CCCC1)C(=O)Nc1cccc([N+](=O)[O-])c1. The topological polar surface area (TPSA) is 116 Å². The highest BCUT2D eigenvalue weighted by atomic mass is 32.2. The zero-order chi connectivity index (χ0) is 17.8. The quantitative estimate of drug-likeness (QED) is 0.477. The van der Waals surface area contributed by atoms with Gasteiger partial charge >= 0.3 is 0 Å². The zero-order valence-electron chi connectivity index (χ0n) is 13.7. The first kappa shape index (κ1) is 17.3. The number of tetrazole rings is 1. The number of rotatable bonds is 6. The van der Waals surface area contributed by atoms with Crippen LogP contribution >= 0.6 is 11.8 Å². The summed E-state index contributed by atoms with van der Waals surface area (Å²) in [7, 11) is 0. The van der Waals surface area contributed by atoms with E-state index in [0.717, 1.165) is 25.7 Å². The van der Waals surface area contributed by atoms with E-state index in [-0.39, 0.29) is 11.6 Å². The Labute approximate surface area is 148 Å². The van der Waals surface area contributed by atoms with Gasteiger partial charge in [-0.15, -0.1) is 5.10 Å². The minimum atomic E-state index is -0.496. The first-order valence-electron chi connectivity index (χ1n) is 8.04. The lowest BCUT2D eigenvalue weighted by Crippen LogP contribution is -2.23. The van der Waals surface area contributed by atoms with Crippen LogP contribution in [0.4, 0.5) is 11.4 Å². The van der Waals surface area contributed by atoms with Gasteiger partial charge in [-0.25, -0.2) is 4.68 Å². The molecule has 0 spiro atoms. The average Bonchev–Trinajstić information content (AvgIpc) is 3.26. The van der Waals surface area contributed by atoms with Crippen LogP contribution in [0.5, 0.6) is 0 Å². The summed E-state index contributed by atoms with van der Waals surface area (Å²) in [6.07, 6.45) is 4.43. The summed E-state index contributed by atoms with van der Waals surface area (Å²) in [5.74, 6) is -0.258. The number of non-ortho nitro benzene ring substituents is 1. The minimum absolute atomic E-state index is 0.0664. The molecule has 1 fully saturated rings. The van der Waals surface area contributed by atoms with E-state index in [4.69, 9.17) is 0 Å². The van der Waals surface area contributed by atoms with Crippen LogP contribution in [-0.4, -0.2) is 36.3 Å². The fraction of sp³-hybridized carbons (Fsp3) is 0.467.